The lowest BCUT2D eigenvalue weighted by molar-refractivity contribution is 0.770. The zero-order chi connectivity index (χ0) is 31.6. The number of allylic oxidation sites excluding steroid dienone is 1. The molecule has 2 aliphatic rings. The normalized spacial score (nSPS) is 16.2. The van der Waals surface area contributed by atoms with Crippen molar-refractivity contribution in [3.8, 4) is 39.8 Å². The second-order valence-electron chi connectivity index (χ2n) is 12.7. The number of rotatable bonds is 4. The van der Waals surface area contributed by atoms with Crippen molar-refractivity contribution in [3.05, 3.63) is 175 Å². The molecule has 8 aromatic rings. The Hall–Kier alpha value is -6.30. The zero-order valence-electron chi connectivity index (χ0n) is 26.2. The minimum atomic E-state index is 0.0707. The van der Waals surface area contributed by atoms with Crippen molar-refractivity contribution in [1.29, 1.82) is 0 Å². The van der Waals surface area contributed by atoms with Crippen molar-refractivity contribution in [2.45, 2.75) is 12.0 Å². The number of hydrogen-bond acceptors (Lipinski definition) is 1. The lowest BCUT2D eigenvalue weighted by Gasteiger charge is -2.28. The van der Waals surface area contributed by atoms with Crippen LogP contribution in [0.3, 0.4) is 0 Å². The minimum Gasteiger partial charge on any atom is -0.332 e. The number of nitrogens with zero attached hydrogens (tertiary/aromatic N) is 2. The highest BCUT2D eigenvalue weighted by molar-refractivity contribution is 6.14. The van der Waals surface area contributed by atoms with E-state index in [-0.39, 0.29) is 12.0 Å². The van der Waals surface area contributed by atoms with Crippen LogP contribution in [0.25, 0.3) is 60.5 Å². The molecule has 0 N–H and O–H groups in total. The molecule has 2 unspecified atom stereocenters. The van der Waals surface area contributed by atoms with Crippen molar-refractivity contribution < 1.29 is 0 Å². The fraction of sp³-hybridized carbons (Fsp3) is 0.0435. The molecule has 224 valence electrons. The van der Waals surface area contributed by atoms with Crippen molar-refractivity contribution in [3.63, 3.8) is 0 Å². The minimum absolute atomic E-state index is 0.0707. The summed E-state index contributed by atoms with van der Waals surface area (Å²) >= 11 is 0. The molecule has 2 heteroatoms. The van der Waals surface area contributed by atoms with E-state index in [1.165, 1.54) is 71.8 Å². The van der Waals surface area contributed by atoms with Crippen LogP contribution in [0, 0.1) is 11.8 Å². The predicted molar refractivity (Wildman–Crippen MR) is 201 cm³/mol. The van der Waals surface area contributed by atoms with E-state index in [2.05, 4.69) is 185 Å². The van der Waals surface area contributed by atoms with Gasteiger partial charge in [-0.15, -0.1) is 0 Å². The van der Waals surface area contributed by atoms with Gasteiger partial charge in [-0.05, 0) is 70.1 Å². The maximum atomic E-state index is 3.65. The molecule has 7 aromatic carbocycles. The Morgan fingerprint density at radius 2 is 1.19 bits per heavy atom. The average Bonchev–Trinajstić information content (AvgIpc) is 3.68. The highest BCUT2D eigenvalue weighted by Gasteiger charge is 2.40. The van der Waals surface area contributed by atoms with Crippen LogP contribution in [-0.2, 0) is 0 Å². The van der Waals surface area contributed by atoms with Crippen LogP contribution in [0.5, 0.6) is 0 Å². The maximum absolute atomic E-state index is 3.65. The molecule has 0 saturated heterocycles. The van der Waals surface area contributed by atoms with Crippen molar-refractivity contribution in [2.24, 2.45) is 0 Å². The first kappa shape index (κ1) is 26.9. The number of hydrogen-bond donors (Lipinski definition) is 0. The monoisotopic (exact) mass is 610 g/mol. The molecule has 1 aliphatic carbocycles. The highest BCUT2D eigenvalue weighted by atomic mass is 15.2. The SMILES string of the molecule is C1#CC2c3c(ccc4c3c3ccccc3n4-c3cccc(-c4ccc(-c5ccccc5)cc4)c3)N(c3cccc4ccccc34)C2C=C1. The van der Waals surface area contributed by atoms with Gasteiger partial charge in [-0.1, -0.05) is 139 Å². The molecule has 1 aromatic heterocycles. The second-order valence-corrected chi connectivity index (χ2v) is 12.7. The van der Waals surface area contributed by atoms with E-state index >= 15 is 0 Å². The molecule has 0 amide bonds. The Balaban J connectivity index is 1.16. The highest BCUT2D eigenvalue weighted by Crippen LogP contribution is 2.52. The average molecular weight is 611 g/mol. The zero-order valence-corrected chi connectivity index (χ0v) is 26.2. The number of fused-ring (bicyclic) bond motifs is 8. The van der Waals surface area contributed by atoms with E-state index in [0.29, 0.717) is 0 Å². The third-order valence-electron chi connectivity index (χ3n) is 10.1. The molecule has 2 nitrogen and oxygen atoms in total. The Morgan fingerprint density at radius 3 is 2.06 bits per heavy atom. The van der Waals surface area contributed by atoms with Gasteiger partial charge in [0.2, 0.25) is 0 Å². The lowest BCUT2D eigenvalue weighted by Crippen LogP contribution is -2.28. The fourth-order valence-electron chi connectivity index (χ4n) is 8.02. The van der Waals surface area contributed by atoms with Gasteiger partial charge in [0, 0.05) is 38.8 Å². The summed E-state index contributed by atoms with van der Waals surface area (Å²) in [5.74, 6) is 7.05. The topological polar surface area (TPSA) is 8.17 Å². The first-order chi connectivity index (χ1) is 23.8. The lowest BCUT2D eigenvalue weighted by atomic mass is 9.90. The summed E-state index contributed by atoms with van der Waals surface area (Å²) in [5, 5.41) is 5.06. The van der Waals surface area contributed by atoms with Gasteiger partial charge in [-0.2, -0.15) is 0 Å². The van der Waals surface area contributed by atoms with Crippen LogP contribution >= 0.6 is 0 Å². The molecular weight excluding hydrogens is 581 g/mol. The van der Waals surface area contributed by atoms with Gasteiger partial charge in [0.25, 0.3) is 0 Å². The van der Waals surface area contributed by atoms with Crippen LogP contribution in [0.15, 0.2) is 170 Å². The quantitative estimate of drug-likeness (QED) is 0.180. The van der Waals surface area contributed by atoms with Crippen molar-refractivity contribution >= 4 is 44.0 Å². The van der Waals surface area contributed by atoms with Crippen LogP contribution < -0.4 is 4.90 Å². The van der Waals surface area contributed by atoms with Gasteiger partial charge in [0.05, 0.1) is 23.0 Å². The molecule has 2 heterocycles. The number of anilines is 2. The van der Waals surface area contributed by atoms with Gasteiger partial charge >= 0.3 is 0 Å². The van der Waals surface area contributed by atoms with E-state index < -0.39 is 0 Å². The van der Waals surface area contributed by atoms with E-state index in [1.54, 1.807) is 0 Å². The number of aromatic nitrogens is 1. The molecule has 0 saturated carbocycles. The summed E-state index contributed by atoms with van der Waals surface area (Å²) in [6.07, 6.45) is 4.32. The summed E-state index contributed by atoms with van der Waals surface area (Å²) in [7, 11) is 0. The van der Waals surface area contributed by atoms with Gasteiger partial charge in [-0.25, -0.2) is 0 Å². The van der Waals surface area contributed by atoms with Crippen LogP contribution in [0.1, 0.15) is 11.5 Å². The standard InChI is InChI=1S/C46H30N2/c1-2-12-31(13-3-1)32-24-26-33(27-25-32)35-16-10-17-36(30-35)47-41-21-8-6-19-38(41)45-43(47)28-29-44-46(45)39-20-7-9-22-42(39)48(44)40-23-11-15-34-14-4-5-18-37(34)40/h1-6,8-19,21-30,39,42H. The van der Waals surface area contributed by atoms with Gasteiger partial charge in [-0.3, -0.25) is 0 Å². The molecule has 0 radical (unpaired) electrons. The first-order valence-corrected chi connectivity index (χ1v) is 16.6. The molecule has 2 atom stereocenters. The molecule has 10 rings (SSSR count). The Labute approximate surface area is 279 Å². The first-order valence-electron chi connectivity index (χ1n) is 16.6. The summed E-state index contributed by atoms with van der Waals surface area (Å²) < 4.78 is 2.44. The largest absolute Gasteiger partial charge is 0.332 e. The van der Waals surface area contributed by atoms with Gasteiger partial charge in [0.1, 0.15) is 0 Å². The third-order valence-corrected chi connectivity index (χ3v) is 10.1. The van der Waals surface area contributed by atoms with E-state index in [4.69, 9.17) is 0 Å². The molecule has 0 bridgehead atoms. The van der Waals surface area contributed by atoms with Crippen molar-refractivity contribution in [1.82, 2.24) is 4.57 Å². The Morgan fingerprint density at radius 1 is 0.500 bits per heavy atom. The summed E-state index contributed by atoms with van der Waals surface area (Å²) in [5.41, 5.74) is 12.2. The van der Waals surface area contributed by atoms with Crippen LogP contribution in [0.2, 0.25) is 0 Å². The third kappa shape index (κ3) is 4.01. The summed E-state index contributed by atoms with van der Waals surface area (Å²) in [6.45, 7) is 0. The van der Waals surface area contributed by atoms with Crippen molar-refractivity contribution in [2.75, 3.05) is 4.90 Å². The fourth-order valence-corrected chi connectivity index (χ4v) is 8.02. The van der Waals surface area contributed by atoms with E-state index in [1.807, 2.05) is 6.08 Å². The molecular formula is C46H30N2. The second kappa shape index (κ2) is 10.6. The summed E-state index contributed by atoms with van der Waals surface area (Å²) in [6, 6.07) is 57.4. The molecule has 48 heavy (non-hydrogen) atoms. The number of para-hydroxylation sites is 1. The molecule has 0 spiro atoms. The maximum Gasteiger partial charge on any atom is 0.0726 e. The van der Waals surface area contributed by atoms with Gasteiger partial charge in [0.15, 0.2) is 0 Å². The van der Waals surface area contributed by atoms with Crippen LogP contribution in [0.4, 0.5) is 11.4 Å². The Bertz CT molecular complexity index is 2630. The Kier molecular flexibility index (Phi) is 5.95. The van der Waals surface area contributed by atoms with Gasteiger partial charge < -0.3 is 9.47 Å². The van der Waals surface area contributed by atoms with Crippen LogP contribution in [-0.4, -0.2) is 10.6 Å². The summed E-state index contributed by atoms with van der Waals surface area (Å²) in [4.78, 5) is 2.53. The van der Waals surface area contributed by atoms with E-state index in [0.717, 1.165) is 5.69 Å². The number of benzene rings is 7. The predicted octanol–water partition coefficient (Wildman–Crippen LogP) is 11.4. The van der Waals surface area contributed by atoms with E-state index in [9.17, 15) is 0 Å². The molecule has 1 aliphatic heterocycles. The smallest absolute Gasteiger partial charge is 0.0726 e. The molecule has 0 fully saturated rings.